The van der Waals surface area contributed by atoms with Gasteiger partial charge in [-0.1, -0.05) is 130 Å². The molecular weight excluding hydrogens is 667 g/mol. The van der Waals surface area contributed by atoms with Crippen LogP contribution in [0.25, 0.3) is 0 Å². The van der Waals surface area contributed by atoms with Gasteiger partial charge in [0, 0.05) is 0 Å². The Morgan fingerprint density at radius 1 is 0.804 bits per heavy atom. The van der Waals surface area contributed by atoms with Gasteiger partial charge in [-0.25, -0.2) is 4.18 Å². The third-order valence-electron chi connectivity index (χ3n) is 10.1. The Bertz CT molecular complexity index is 1480. The molecule has 282 valence electrons. The minimum absolute atomic E-state index is 0.0899. The summed E-state index contributed by atoms with van der Waals surface area (Å²) in [7, 11) is -4.23. The van der Waals surface area contributed by atoms with Crippen LogP contribution < -0.4 is 0 Å². The molecule has 1 heterocycles. The van der Waals surface area contributed by atoms with Crippen molar-refractivity contribution in [1.29, 1.82) is 0 Å². The molecule has 0 unspecified atom stereocenters. The average Bonchev–Trinajstić information content (AvgIpc) is 3.13. The maximum absolute atomic E-state index is 12.1. The standard InChI is InChI=1S/C32H39NO4.C9H20O4S/c1-31(2,30(35)36)25-17-15-24(16-18-25)29(34)14-9-21-33-22-19-28(20-23-33)32(37,26-10-5-3-6-11-26)27-12-7-4-8-13-27;1-2-3-4-5-6-7-8-9-13-14(10,11)12/h3-8,10-13,15-18,28-29,34,37H,9,14,19-23H2,1-2H3,(H,35,36);2-9H2,1H3,(H,10,11,12)/t29-;/m0./s1. The molecule has 3 aromatic rings. The molecule has 1 aliphatic rings. The molecule has 1 saturated heterocycles. The van der Waals surface area contributed by atoms with Gasteiger partial charge in [0.05, 0.1) is 18.1 Å². The Kier molecular flexibility index (Phi) is 17.2. The van der Waals surface area contributed by atoms with Crippen LogP contribution in [0.3, 0.4) is 0 Å². The minimum atomic E-state index is -4.23. The third kappa shape index (κ3) is 13.4. The lowest BCUT2D eigenvalue weighted by Crippen LogP contribution is -2.44. The van der Waals surface area contributed by atoms with E-state index in [0.717, 1.165) is 74.0 Å². The monoisotopic (exact) mass is 725 g/mol. The summed E-state index contributed by atoms with van der Waals surface area (Å²) in [5, 5.41) is 32.2. The van der Waals surface area contributed by atoms with Crippen LogP contribution in [0.4, 0.5) is 0 Å². The second kappa shape index (κ2) is 20.8. The van der Waals surface area contributed by atoms with Gasteiger partial charge in [-0.3, -0.25) is 9.35 Å². The molecule has 0 radical (unpaired) electrons. The SMILES string of the molecule is CC(C)(C(=O)O)c1ccc([C@@H](O)CCCN2CCC(C(O)(c3ccccc3)c3ccccc3)CC2)cc1.CCCCCCCCCOS(=O)(=O)O. The number of hydrogen-bond donors (Lipinski definition) is 4. The largest absolute Gasteiger partial charge is 0.481 e. The van der Waals surface area contributed by atoms with Crippen LogP contribution in [-0.4, -0.2) is 65.4 Å². The predicted octanol–water partition coefficient (Wildman–Crippen LogP) is 8.07. The molecule has 0 amide bonds. The second-order valence-electron chi connectivity index (χ2n) is 14.2. The van der Waals surface area contributed by atoms with Crippen molar-refractivity contribution in [1.82, 2.24) is 4.90 Å². The molecule has 10 heteroatoms. The van der Waals surface area contributed by atoms with Crippen LogP contribution in [0, 0.1) is 5.92 Å². The van der Waals surface area contributed by atoms with E-state index in [1.165, 1.54) is 25.7 Å². The Morgan fingerprint density at radius 3 is 1.80 bits per heavy atom. The minimum Gasteiger partial charge on any atom is -0.481 e. The molecule has 4 rings (SSSR count). The summed E-state index contributed by atoms with van der Waals surface area (Å²) in [4.78, 5) is 13.9. The zero-order valence-corrected chi connectivity index (χ0v) is 31.4. The molecule has 1 atom stereocenters. The van der Waals surface area contributed by atoms with Gasteiger partial charge in [0.1, 0.15) is 5.60 Å². The number of carboxylic acid groups (broad SMARTS) is 1. The van der Waals surface area contributed by atoms with E-state index in [-0.39, 0.29) is 12.5 Å². The number of aliphatic hydroxyl groups is 2. The average molecular weight is 726 g/mol. The van der Waals surface area contributed by atoms with E-state index >= 15 is 0 Å². The fraction of sp³-hybridized carbons (Fsp3) is 0.537. The number of unbranched alkanes of at least 4 members (excludes halogenated alkanes) is 6. The van der Waals surface area contributed by atoms with Crippen LogP contribution >= 0.6 is 0 Å². The molecule has 3 aromatic carbocycles. The van der Waals surface area contributed by atoms with E-state index in [9.17, 15) is 28.5 Å². The van der Waals surface area contributed by atoms with Crippen molar-refractivity contribution >= 4 is 16.4 Å². The zero-order chi connectivity index (χ0) is 37.3. The molecule has 9 nitrogen and oxygen atoms in total. The Labute approximate surface area is 305 Å². The van der Waals surface area contributed by atoms with Gasteiger partial charge in [0.15, 0.2) is 0 Å². The van der Waals surface area contributed by atoms with E-state index in [4.69, 9.17) is 4.55 Å². The first-order valence-corrected chi connectivity index (χ1v) is 19.8. The van der Waals surface area contributed by atoms with Crippen LogP contribution in [0.5, 0.6) is 0 Å². The highest BCUT2D eigenvalue weighted by atomic mass is 32.3. The Morgan fingerprint density at radius 2 is 1.31 bits per heavy atom. The van der Waals surface area contributed by atoms with E-state index in [1.54, 1.807) is 26.0 Å². The van der Waals surface area contributed by atoms with Crippen molar-refractivity contribution in [3.63, 3.8) is 0 Å². The lowest BCUT2D eigenvalue weighted by molar-refractivity contribution is -0.142. The number of aliphatic carboxylic acids is 1. The number of hydrogen-bond acceptors (Lipinski definition) is 7. The number of carbonyl (C=O) groups is 1. The molecular formula is C41H59NO8S. The topological polar surface area (TPSA) is 145 Å². The summed E-state index contributed by atoms with van der Waals surface area (Å²) in [5.41, 5.74) is 1.47. The fourth-order valence-electron chi connectivity index (χ4n) is 6.74. The third-order valence-corrected chi connectivity index (χ3v) is 10.6. The first-order chi connectivity index (χ1) is 24.3. The second-order valence-corrected chi connectivity index (χ2v) is 15.3. The van der Waals surface area contributed by atoms with Gasteiger partial charge in [-0.15, -0.1) is 0 Å². The van der Waals surface area contributed by atoms with E-state index < -0.39 is 33.5 Å². The molecule has 0 bridgehead atoms. The first kappa shape index (κ1) is 42.3. The van der Waals surface area contributed by atoms with Gasteiger partial charge in [0.25, 0.3) is 0 Å². The fourth-order valence-corrected chi connectivity index (χ4v) is 7.07. The van der Waals surface area contributed by atoms with E-state index in [1.807, 2.05) is 72.8 Å². The smallest absolute Gasteiger partial charge is 0.397 e. The highest BCUT2D eigenvalue weighted by molar-refractivity contribution is 7.80. The lowest BCUT2D eigenvalue weighted by atomic mass is 9.72. The zero-order valence-electron chi connectivity index (χ0n) is 30.6. The van der Waals surface area contributed by atoms with Gasteiger partial charge < -0.3 is 20.2 Å². The van der Waals surface area contributed by atoms with Crippen LogP contribution in [-0.2, 0) is 30.4 Å². The van der Waals surface area contributed by atoms with Gasteiger partial charge in [-0.2, -0.15) is 8.42 Å². The van der Waals surface area contributed by atoms with Crippen molar-refractivity contribution in [2.75, 3.05) is 26.2 Å². The van der Waals surface area contributed by atoms with Crippen LogP contribution in [0.1, 0.15) is 120 Å². The maximum Gasteiger partial charge on any atom is 0.397 e. The molecule has 1 aliphatic heterocycles. The summed E-state index contributed by atoms with van der Waals surface area (Å²) in [6, 6.07) is 27.3. The molecule has 0 aliphatic carbocycles. The summed E-state index contributed by atoms with van der Waals surface area (Å²) < 4.78 is 32.7. The van der Waals surface area contributed by atoms with Crippen LogP contribution in [0.15, 0.2) is 84.9 Å². The van der Waals surface area contributed by atoms with Gasteiger partial charge in [0.2, 0.25) is 0 Å². The molecule has 4 N–H and O–H groups in total. The number of rotatable bonds is 19. The highest BCUT2D eigenvalue weighted by Gasteiger charge is 2.41. The number of carboxylic acids is 1. The normalized spacial score (nSPS) is 15.2. The summed E-state index contributed by atoms with van der Waals surface area (Å²) in [6.07, 6.45) is 10.5. The maximum atomic E-state index is 12.1. The van der Waals surface area contributed by atoms with Crippen molar-refractivity contribution in [2.45, 2.75) is 109 Å². The Balaban J connectivity index is 0.000000425. The number of likely N-dealkylation sites (tertiary alicyclic amines) is 1. The van der Waals surface area contributed by atoms with E-state index in [0.29, 0.717) is 12.8 Å². The highest BCUT2D eigenvalue weighted by Crippen LogP contribution is 2.42. The predicted molar refractivity (Wildman–Crippen MR) is 202 cm³/mol. The van der Waals surface area contributed by atoms with Crippen molar-refractivity contribution < 1.29 is 37.3 Å². The summed E-state index contributed by atoms with van der Waals surface area (Å²) in [5.74, 6) is -0.733. The number of benzene rings is 3. The van der Waals surface area contributed by atoms with Crippen molar-refractivity contribution in [3.05, 3.63) is 107 Å². The number of nitrogens with zero attached hydrogens (tertiary/aromatic N) is 1. The van der Waals surface area contributed by atoms with Crippen molar-refractivity contribution in [2.24, 2.45) is 5.92 Å². The molecule has 1 fully saturated rings. The van der Waals surface area contributed by atoms with Crippen LogP contribution in [0.2, 0.25) is 0 Å². The summed E-state index contributed by atoms with van der Waals surface area (Å²) >= 11 is 0. The number of aliphatic hydroxyl groups excluding tert-OH is 1. The molecule has 0 aromatic heterocycles. The number of piperidine rings is 1. The lowest BCUT2D eigenvalue weighted by Gasteiger charge is -2.42. The molecule has 51 heavy (non-hydrogen) atoms. The van der Waals surface area contributed by atoms with E-state index in [2.05, 4.69) is 16.0 Å². The van der Waals surface area contributed by atoms with Crippen molar-refractivity contribution in [3.8, 4) is 0 Å². The Hall–Kier alpha value is -3.12. The summed E-state index contributed by atoms with van der Waals surface area (Å²) in [6.45, 7) is 8.37. The quantitative estimate of drug-likeness (QED) is 0.0712. The molecule has 0 saturated carbocycles. The molecule has 0 spiro atoms. The van der Waals surface area contributed by atoms with Gasteiger partial charge in [-0.05, 0) is 93.8 Å². The first-order valence-electron chi connectivity index (χ1n) is 18.5. The van der Waals surface area contributed by atoms with Gasteiger partial charge >= 0.3 is 16.4 Å².